The van der Waals surface area contributed by atoms with Gasteiger partial charge in [-0.25, -0.2) is 9.69 Å². The average Bonchev–Trinajstić information content (AvgIpc) is 2.87. The van der Waals surface area contributed by atoms with Gasteiger partial charge in [0.1, 0.15) is 17.9 Å². The molecule has 0 bridgehead atoms. The van der Waals surface area contributed by atoms with E-state index in [0.717, 1.165) is 36.8 Å². The van der Waals surface area contributed by atoms with E-state index in [2.05, 4.69) is 21.2 Å². The molecular weight excluding hydrogens is 532 g/mol. The number of urea groups is 1. The molecule has 1 heterocycles. The number of hydrogen-bond donors (Lipinski definition) is 1. The number of nitrogens with zero attached hydrogens (tertiary/aromatic N) is 1. The van der Waals surface area contributed by atoms with Crippen molar-refractivity contribution in [3.05, 3.63) is 111 Å². The van der Waals surface area contributed by atoms with Crippen LogP contribution < -0.4 is 15.0 Å². The van der Waals surface area contributed by atoms with E-state index >= 15 is 0 Å². The Morgan fingerprint density at radius 1 is 0.919 bits per heavy atom. The summed E-state index contributed by atoms with van der Waals surface area (Å²) < 4.78 is 7.13. The summed E-state index contributed by atoms with van der Waals surface area (Å²) in [4.78, 5) is 40.2. The van der Waals surface area contributed by atoms with Crippen molar-refractivity contribution in [2.45, 2.75) is 20.5 Å². The van der Waals surface area contributed by atoms with Gasteiger partial charge < -0.3 is 4.74 Å². The Bertz CT molecular complexity index is 1590. The molecule has 4 aromatic carbocycles. The number of hydrogen-bond acceptors (Lipinski definition) is 4. The van der Waals surface area contributed by atoms with Crippen molar-refractivity contribution in [3.63, 3.8) is 0 Å². The molecule has 1 aliphatic rings. The maximum Gasteiger partial charge on any atom is 0.335 e. The van der Waals surface area contributed by atoms with Crippen LogP contribution in [0.5, 0.6) is 5.75 Å². The van der Waals surface area contributed by atoms with Crippen LogP contribution in [0.25, 0.3) is 16.8 Å². The van der Waals surface area contributed by atoms with Crippen molar-refractivity contribution in [2.75, 3.05) is 4.90 Å². The van der Waals surface area contributed by atoms with E-state index in [1.54, 1.807) is 6.07 Å². The molecule has 4 amide bonds. The van der Waals surface area contributed by atoms with E-state index in [1.807, 2.05) is 86.6 Å². The van der Waals surface area contributed by atoms with Gasteiger partial charge in [-0.3, -0.25) is 14.9 Å². The van der Waals surface area contributed by atoms with E-state index in [-0.39, 0.29) is 5.57 Å². The fourth-order valence-corrected chi connectivity index (χ4v) is 4.63. The quantitative estimate of drug-likeness (QED) is 0.227. The zero-order valence-electron chi connectivity index (χ0n) is 20.2. The first-order chi connectivity index (χ1) is 17.8. The first kappa shape index (κ1) is 24.5. The summed E-state index contributed by atoms with van der Waals surface area (Å²) in [5, 5.41) is 4.06. The van der Waals surface area contributed by atoms with Crippen molar-refractivity contribution < 1.29 is 19.1 Å². The van der Waals surface area contributed by atoms with Gasteiger partial charge in [-0.05, 0) is 66.1 Å². The van der Waals surface area contributed by atoms with E-state index in [0.29, 0.717) is 23.6 Å². The highest BCUT2D eigenvalue weighted by molar-refractivity contribution is 9.10. The molecule has 4 aromatic rings. The Morgan fingerprint density at radius 2 is 1.68 bits per heavy atom. The number of rotatable bonds is 5. The van der Waals surface area contributed by atoms with Gasteiger partial charge in [0.05, 0.1) is 5.69 Å². The summed E-state index contributed by atoms with van der Waals surface area (Å²) >= 11 is 3.43. The predicted molar refractivity (Wildman–Crippen MR) is 147 cm³/mol. The number of ether oxygens (including phenoxy) is 1. The van der Waals surface area contributed by atoms with Crippen LogP contribution in [0.15, 0.2) is 88.9 Å². The number of barbiturate groups is 1. The molecule has 1 N–H and O–H groups in total. The zero-order valence-corrected chi connectivity index (χ0v) is 21.8. The van der Waals surface area contributed by atoms with Gasteiger partial charge in [0, 0.05) is 10.0 Å². The van der Waals surface area contributed by atoms with Crippen LogP contribution >= 0.6 is 15.9 Å². The van der Waals surface area contributed by atoms with Gasteiger partial charge in [-0.1, -0.05) is 76.1 Å². The summed E-state index contributed by atoms with van der Waals surface area (Å²) in [6.07, 6.45) is 1.51. The van der Waals surface area contributed by atoms with Gasteiger partial charge in [-0.15, -0.1) is 0 Å². The van der Waals surface area contributed by atoms with Gasteiger partial charge in [0.15, 0.2) is 0 Å². The maximum atomic E-state index is 13.6. The minimum Gasteiger partial charge on any atom is -0.488 e. The standard InChI is InChI=1S/C30H23BrN2O4/c1-18-7-13-26(19(2)15-18)33-29(35)25(28(34)32-30(33)36)16-24-23-6-4-3-5-21(23)10-14-27(24)37-17-20-8-11-22(31)12-9-20/h3-16H,17H2,1-2H3,(H,32,34,36)/b25-16+. The van der Waals surface area contributed by atoms with Crippen molar-refractivity contribution in [3.8, 4) is 5.75 Å². The third-order valence-corrected chi connectivity index (χ3v) is 6.75. The monoisotopic (exact) mass is 554 g/mol. The molecule has 37 heavy (non-hydrogen) atoms. The average molecular weight is 555 g/mol. The van der Waals surface area contributed by atoms with Crippen LogP contribution in [-0.2, 0) is 16.2 Å². The number of aryl methyl sites for hydroxylation is 2. The molecule has 0 aliphatic carbocycles. The molecule has 0 unspecified atom stereocenters. The minimum absolute atomic E-state index is 0.149. The maximum absolute atomic E-state index is 13.6. The molecule has 1 saturated heterocycles. The second kappa shape index (κ2) is 10.0. The third kappa shape index (κ3) is 4.90. The van der Waals surface area contributed by atoms with Crippen LogP contribution in [0.1, 0.15) is 22.3 Å². The van der Waals surface area contributed by atoms with Gasteiger partial charge >= 0.3 is 6.03 Å². The van der Waals surface area contributed by atoms with Gasteiger partial charge in [0.25, 0.3) is 11.8 Å². The molecule has 5 rings (SSSR count). The van der Waals surface area contributed by atoms with E-state index < -0.39 is 17.8 Å². The largest absolute Gasteiger partial charge is 0.488 e. The summed E-state index contributed by atoms with van der Waals surface area (Å²) in [6, 6.07) is 23.8. The normalized spacial score (nSPS) is 14.8. The highest BCUT2D eigenvalue weighted by atomic mass is 79.9. The smallest absolute Gasteiger partial charge is 0.335 e. The van der Waals surface area contributed by atoms with Crippen molar-refractivity contribution in [1.82, 2.24) is 5.32 Å². The number of halogens is 1. The molecule has 7 heteroatoms. The lowest BCUT2D eigenvalue weighted by Gasteiger charge is -2.28. The minimum atomic E-state index is -0.774. The molecule has 1 fully saturated rings. The molecular formula is C30H23BrN2O4. The highest BCUT2D eigenvalue weighted by Crippen LogP contribution is 2.33. The molecule has 1 aliphatic heterocycles. The van der Waals surface area contributed by atoms with Crippen LogP contribution in [0, 0.1) is 13.8 Å². The number of amides is 4. The first-order valence-electron chi connectivity index (χ1n) is 11.7. The number of imide groups is 2. The molecule has 0 saturated carbocycles. The first-order valence-corrected chi connectivity index (χ1v) is 12.5. The second-order valence-corrected chi connectivity index (χ2v) is 9.78. The van der Waals surface area contributed by atoms with Crippen molar-refractivity contribution >= 4 is 56.3 Å². The molecule has 0 atom stereocenters. The lowest BCUT2D eigenvalue weighted by molar-refractivity contribution is -0.122. The zero-order chi connectivity index (χ0) is 26.1. The Balaban J connectivity index is 1.58. The van der Waals surface area contributed by atoms with Crippen LogP contribution in [0.4, 0.5) is 10.5 Å². The van der Waals surface area contributed by atoms with Crippen LogP contribution in [0.2, 0.25) is 0 Å². The number of fused-ring (bicyclic) bond motifs is 1. The summed E-state index contributed by atoms with van der Waals surface area (Å²) in [5.41, 5.74) is 3.58. The predicted octanol–water partition coefficient (Wildman–Crippen LogP) is 6.46. The Kier molecular flexibility index (Phi) is 6.63. The fourth-order valence-electron chi connectivity index (χ4n) is 4.37. The third-order valence-electron chi connectivity index (χ3n) is 6.22. The summed E-state index contributed by atoms with van der Waals surface area (Å²) in [5.74, 6) is -0.917. The van der Waals surface area contributed by atoms with Crippen LogP contribution in [-0.4, -0.2) is 17.8 Å². The van der Waals surface area contributed by atoms with Crippen molar-refractivity contribution in [2.24, 2.45) is 0 Å². The molecule has 0 spiro atoms. The van der Waals surface area contributed by atoms with Crippen LogP contribution in [0.3, 0.4) is 0 Å². The molecule has 6 nitrogen and oxygen atoms in total. The number of benzene rings is 4. The van der Waals surface area contributed by atoms with E-state index in [1.165, 1.54) is 6.08 Å². The number of carbonyl (C=O) groups excluding carboxylic acids is 3. The Hall–Kier alpha value is -4.23. The number of nitrogens with one attached hydrogen (secondary N) is 1. The van der Waals surface area contributed by atoms with Crippen molar-refractivity contribution in [1.29, 1.82) is 0 Å². The Morgan fingerprint density at radius 3 is 2.43 bits per heavy atom. The molecule has 0 aromatic heterocycles. The SMILES string of the molecule is Cc1ccc(N2C(=O)NC(=O)/C(=C\c3c(OCc4ccc(Br)cc4)ccc4ccccc34)C2=O)c(C)c1. The van der Waals surface area contributed by atoms with Gasteiger partial charge in [0.2, 0.25) is 0 Å². The van der Waals surface area contributed by atoms with E-state index in [4.69, 9.17) is 4.74 Å². The lowest BCUT2D eigenvalue weighted by Crippen LogP contribution is -2.54. The van der Waals surface area contributed by atoms with E-state index in [9.17, 15) is 14.4 Å². The molecule has 184 valence electrons. The second-order valence-electron chi connectivity index (χ2n) is 8.86. The Labute approximate surface area is 222 Å². The highest BCUT2D eigenvalue weighted by Gasteiger charge is 2.37. The fraction of sp³-hybridized carbons (Fsp3) is 0.100. The topological polar surface area (TPSA) is 75.7 Å². The lowest BCUT2D eigenvalue weighted by atomic mass is 9.99. The van der Waals surface area contributed by atoms with Gasteiger partial charge in [-0.2, -0.15) is 0 Å². The number of carbonyl (C=O) groups is 3. The molecule has 0 radical (unpaired) electrons. The summed E-state index contributed by atoms with van der Waals surface area (Å²) in [7, 11) is 0. The summed E-state index contributed by atoms with van der Waals surface area (Å²) in [6.45, 7) is 4.05. The number of anilines is 1.